The number of nitrogens with one attached hydrogen (secondary N) is 2. The van der Waals surface area contributed by atoms with Crippen molar-refractivity contribution in [2.45, 2.75) is 18.3 Å². The number of fused-ring (bicyclic) bond motifs is 1. The number of amides is 2. The van der Waals surface area contributed by atoms with Crippen LogP contribution in [-0.2, 0) is 5.54 Å². The Morgan fingerprint density at radius 3 is 2.70 bits per heavy atom. The van der Waals surface area contributed by atoms with Gasteiger partial charge in [0, 0.05) is 12.6 Å². The van der Waals surface area contributed by atoms with Crippen molar-refractivity contribution in [3.05, 3.63) is 77.1 Å². The predicted octanol–water partition coefficient (Wildman–Crippen LogP) is 5.02. The van der Waals surface area contributed by atoms with E-state index in [9.17, 15) is 22.4 Å². The fourth-order valence-corrected chi connectivity index (χ4v) is 3.63. The molecule has 2 N–H and O–H groups in total. The number of pyridine rings is 2. The summed E-state index contributed by atoms with van der Waals surface area (Å²) in [5.41, 5.74) is -0.650. The van der Waals surface area contributed by atoms with Gasteiger partial charge in [-0.15, -0.1) is 13.2 Å². The van der Waals surface area contributed by atoms with E-state index in [-0.39, 0.29) is 29.4 Å². The lowest BCUT2D eigenvalue weighted by atomic mass is 9.81. The van der Waals surface area contributed by atoms with Gasteiger partial charge < -0.3 is 20.1 Å². The molecule has 1 atom stereocenters. The van der Waals surface area contributed by atoms with Crippen LogP contribution in [0.5, 0.6) is 11.5 Å². The van der Waals surface area contributed by atoms with Crippen LogP contribution < -0.4 is 20.1 Å². The smallest absolute Gasteiger partial charge is 0.491 e. The highest BCUT2D eigenvalue weighted by molar-refractivity contribution is 6.29. The highest BCUT2D eigenvalue weighted by Crippen LogP contribution is 2.41. The molecule has 0 fully saturated rings. The molecule has 33 heavy (non-hydrogen) atoms. The van der Waals surface area contributed by atoms with Crippen LogP contribution in [0.15, 0.2) is 54.9 Å². The van der Waals surface area contributed by atoms with Gasteiger partial charge in [0.25, 0.3) is 0 Å². The van der Waals surface area contributed by atoms with Crippen molar-refractivity contribution in [3.8, 4) is 11.5 Å². The summed E-state index contributed by atoms with van der Waals surface area (Å²) in [5, 5.41) is 5.60. The first-order valence-electron chi connectivity index (χ1n) is 9.51. The number of hydrogen-bond donors (Lipinski definition) is 2. The standard InChI is InChI=1S/C21H15ClF4N4O3/c22-17-6-4-13(11-28-17)29-19(31)30-20(7-9-32-16-2-1-8-27-18(16)20)12-3-5-15(14(23)10-12)33-21(24,25)26/h1-6,8,10-11H,7,9H2,(H2,29,30,31). The molecule has 1 aliphatic heterocycles. The molecule has 1 aromatic carbocycles. The Kier molecular flexibility index (Phi) is 5.98. The van der Waals surface area contributed by atoms with Crippen molar-refractivity contribution >= 4 is 23.3 Å². The van der Waals surface area contributed by atoms with E-state index < -0.39 is 29.5 Å². The largest absolute Gasteiger partial charge is 0.573 e. The number of carbonyl (C=O) groups is 1. The van der Waals surface area contributed by atoms with Gasteiger partial charge in [-0.2, -0.15) is 0 Å². The number of hydrogen-bond acceptors (Lipinski definition) is 5. The molecule has 0 saturated carbocycles. The molecule has 0 saturated heterocycles. The maximum Gasteiger partial charge on any atom is 0.573 e. The third-order valence-corrected chi connectivity index (χ3v) is 5.10. The van der Waals surface area contributed by atoms with Crippen LogP contribution in [-0.4, -0.2) is 29.0 Å². The third kappa shape index (κ3) is 4.92. The first kappa shape index (κ1) is 22.6. The molecule has 0 spiro atoms. The summed E-state index contributed by atoms with van der Waals surface area (Å²) in [4.78, 5) is 21.1. The van der Waals surface area contributed by atoms with Crippen molar-refractivity contribution in [1.29, 1.82) is 0 Å². The van der Waals surface area contributed by atoms with Crippen LogP contribution in [0.25, 0.3) is 0 Å². The van der Waals surface area contributed by atoms with Crippen LogP contribution in [0.1, 0.15) is 17.7 Å². The molecule has 3 aromatic rings. The van der Waals surface area contributed by atoms with Crippen LogP contribution in [0.3, 0.4) is 0 Å². The maximum absolute atomic E-state index is 14.6. The Morgan fingerprint density at radius 2 is 2.00 bits per heavy atom. The number of carbonyl (C=O) groups excluding carboxylic acids is 1. The minimum atomic E-state index is -5.06. The minimum absolute atomic E-state index is 0.127. The van der Waals surface area contributed by atoms with E-state index in [0.29, 0.717) is 11.4 Å². The second kappa shape index (κ2) is 8.74. The monoisotopic (exact) mass is 482 g/mol. The maximum atomic E-state index is 14.6. The minimum Gasteiger partial charge on any atom is -0.491 e. The number of urea groups is 1. The summed E-state index contributed by atoms with van der Waals surface area (Å²) >= 11 is 5.75. The Balaban J connectivity index is 1.73. The summed E-state index contributed by atoms with van der Waals surface area (Å²) < 4.78 is 61.6. The lowest BCUT2D eigenvalue weighted by molar-refractivity contribution is -0.275. The van der Waals surface area contributed by atoms with Crippen LogP contribution in [0, 0.1) is 5.82 Å². The van der Waals surface area contributed by atoms with Gasteiger partial charge >= 0.3 is 12.4 Å². The number of ether oxygens (including phenoxy) is 2. The van der Waals surface area contributed by atoms with Crippen LogP contribution in [0.4, 0.5) is 28.0 Å². The molecule has 3 heterocycles. The molecule has 2 amide bonds. The molecule has 0 aliphatic carbocycles. The van der Waals surface area contributed by atoms with E-state index in [1.807, 2.05) is 0 Å². The lowest BCUT2D eigenvalue weighted by Gasteiger charge is -2.39. The van der Waals surface area contributed by atoms with Crippen LogP contribution >= 0.6 is 11.6 Å². The summed E-state index contributed by atoms with van der Waals surface area (Å²) in [6, 6.07) is 8.52. The first-order valence-corrected chi connectivity index (χ1v) is 9.89. The quantitative estimate of drug-likeness (QED) is 0.403. The highest BCUT2D eigenvalue weighted by Gasteiger charge is 2.43. The van der Waals surface area contributed by atoms with Crippen molar-refractivity contribution in [2.75, 3.05) is 11.9 Å². The van der Waals surface area contributed by atoms with Gasteiger partial charge in [-0.05, 0) is 42.0 Å². The molecule has 12 heteroatoms. The number of halogens is 5. The number of alkyl halides is 3. The highest BCUT2D eigenvalue weighted by atomic mass is 35.5. The molecular weight excluding hydrogens is 468 g/mol. The average molecular weight is 483 g/mol. The predicted molar refractivity (Wildman–Crippen MR) is 110 cm³/mol. The topological polar surface area (TPSA) is 85.4 Å². The van der Waals surface area contributed by atoms with Crippen molar-refractivity contribution in [3.63, 3.8) is 0 Å². The number of rotatable bonds is 4. The fourth-order valence-electron chi connectivity index (χ4n) is 3.51. The number of anilines is 1. The third-order valence-electron chi connectivity index (χ3n) is 4.87. The number of aromatic nitrogens is 2. The Hall–Kier alpha value is -3.60. The van der Waals surface area contributed by atoms with E-state index in [4.69, 9.17) is 16.3 Å². The average Bonchev–Trinajstić information content (AvgIpc) is 2.76. The molecular formula is C21H15ClF4N4O3. The Labute approximate surface area is 189 Å². The first-order chi connectivity index (χ1) is 15.7. The van der Waals surface area contributed by atoms with Gasteiger partial charge in [0.1, 0.15) is 22.1 Å². The molecule has 0 radical (unpaired) electrons. The second-order valence-corrected chi connectivity index (χ2v) is 7.38. The van der Waals surface area contributed by atoms with Gasteiger partial charge in [0.2, 0.25) is 0 Å². The normalized spacial score (nSPS) is 17.5. The summed E-state index contributed by atoms with van der Waals surface area (Å²) in [6.45, 7) is 0.129. The zero-order chi connectivity index (χ0) is 23.6. The Morgan fingerprint density at radius 1 is 1.18 bits per heavy atom. The van der Waals surface area contributed by atoms with Gasteiger partial charge in [-0.1, -0.05) is 17.7 Å². The van der Waals surface area contributed by atoms with Gasteiger partial charge in [0.15, 0.2) is 11.6 Å². The van der Waals surface area contributed by atoms with Crippen molar-refractivity contribution < 1.29 is 31.8 Å². The molecule has 1 unspecified atom stereocenters. The molecule has 4 rings (SSSR count). The van der Waals surface area contributed by atoms with Gasteiger partial charge in [-0.25, -0.2) is 14.2 Å². The van der Waals surface area contributed by atoms with Gasteiger partial charge in [0.05, 0.1) is 18.5 Å². The van der Waals surface area contributed by atoms with E-state index in [0.717, 1.165) is 12.1 Å². The molecule has 172 valence electrons. The van der Waals surface area contributed by atoms with E-state index >= 15 is 0 Å². The SMILES string of the molecule is O=C(Nc1ccc(Cl)nc1)NC1(c2ccc(OC(F)(F)F)c(F)c2)CCOc2cccnc21. The van der Waals surface area contributed by atoms with Crippen LogP contribution in [0.2, 0.25) is 5.15 Å². The second-order valence-electron chi connectivity index (χ2n) is 7.00. The van der Waals surface area contributed by atoms with E-state index in [1.165, 1.54) is 30.6 Å². The molecule has 7 nitrogen and oxygen atoms in total. The summed E-state index contributed by atoms with van der Waals surface area (Å²) in [6.07, 6.45) is -2.13. The molecule has 1 aliphatic rings. The van der Waals surface area contributed by atoms with Gasteiger partial charge in [-0.3, -0.25) is 4.98 Å². The van der Waals surface area contributed by atoms with E-state index in [2.05, 4.69) is 25.3 Å². The summed E-state index contributed by atoms with van der Waals surface area (Å²) in [5.74, 6) is -1.91. The zero-order valence-corrected chi connectivity index (χ0v) is 17.4. The van der Waals surface area contributed by atoms with Crippen molar-refractivity contribution in [2.24, 2.45) is 0 Å². The lowest BCUT2D eigenvalue weighted by Crippen LogP contribution is -2.51. The zero-order valence-electron chi connectivity index (χ0n) is 16.6. The fraction of sp³-hybridized carbons (Fsp3) is 0.190. The molecule has 2 aromatic heterocycles. The van der Waals surface area contributed by atoms with E-state index in [1.54, 1.807) is 12.1 Å². The number of benzene rings is 1. The van der Waals surface area contributed by atoms with Crippen molar-refractivity contribution in [1.82, 2.24) is 15.3 Å². The number of nitrogens with zero attached hydrogens (tertiary/aromatic N) is 2. The molecule has 0 bridgehead atoms. The summed E-state index contributed by atoms with van der Waals surface area (Å²) in [7, 11) is 0. The Bertz CT molecular complexity index is 1180.